The second-order valence-corrected chi connectivity index (χ2v) is 9.15. The molecule has 1 fully saturated rings. The predicted molar refractivity (Wildman–Crippen MR) is 99.6 cm³/mol. The number of nitrogens with zero attached hydrogens (tertiary/aromatic N) is 4. The summed E-state index contributed by atoms with van der Waals surface area (Å²) in [6.45, 7) is 15.7. The fourth-order valence-electron chi connectivity index (χ4n) is 3.35. The molecule has 0 saturated carbocycles. The van der Waals surface area contributed by atoms with Crippen LogP contribution in [0.1, 0.15) is 44.7 Å². The SMILES string of the molecule is CCN1CCN(c2nc3c(s2)CN(C(=O)CC(C)(C)C)CC3)CC1. The van der Waals surface area contributed by atoms with Gasteiger partial charge in [-0.3, -0.25) is 4.79 Å². The zero-order chi connectivity index (χ0) is 17.3. The van der Waals surface area contributed by atoms with E-state index in [9.17, 15) is 4.79 Å². The van der Waals surface area contributed by atoms with Crippen molar-refractivity contribution in [3.05, 3.63) is 10.6 Å². The van der Waals surface area contributed by atoms with Crippen molar-refractivity contribution in [3.8, 4) is 0 Å². The molecule has 5 nitrogen and oxygen atoms in total. The van der Waals surface area contributed by atoms with Gasteiger partial charge in [0.15, 0.2) is 5.13 Å². The Morgan fingerprint density at radius 1 is 1.17 bits per heavy atom. The van der Waals surface area contributed by atoms with E-state index in [1.54, 1.807) is 11.3 Å². The second kappa shape index (κ2) is 7.00. The van der Waals surface area contributed by atoms with Crippen molar-refractivity contribution in [3.63, 3.8) is 0 Å². The van der Waals surface area contributed by atoms with Crippen LogP contribution in [0.15, 0.2) is 0 Å². The molecule has 0 atom stereocenters. The number of amides is 1. The summed E-state index contributed by atoms with van der Waals surface area (Å²) >= 11 is 1.79. The first-order valence-corrected chi connectivity index (χ1v) is 9.91. The predicted octanol–water partition coefficient (Wildman–Crippen LogP) is 2.61. The number of anilines is 1. The highest BCUT2D eigenvalue weighted by Gasteiger charge is 2.28. The summed E-state index contributed by atoms with van der Waals surface area (Å²) in [5.74, 6) is 0.277. The quantitative estimate of drug-likeness (QED) is 0.840. The van der Waals surface area contributed by atoms with Crippen molar-refractivity contribution < 1.29 is 4.79 Å². The first-order valence-electron chi connectivity index (χ1n) is 9.09. The Bertz CT molecular complexity index is 584. The first-order chi connectivity index (χ1) is 11.4. The van der Waals surface area contributed by atoms with Crippen molar-refractivity contribution >= 4 is 22.4 Å². The lowest BCUT2D eigenvalue weighted by molar-refractivity contribution is -0.133. The number of carbonyl (C=O) groups is 1. The van der Waals surface area contributed by atoms with Crippen LogP contribution in [0.4, 0.5) is 5.13 Å². The minimum atomic E-state index is 0.0508. The van der Waals surface area contributed by atoms with Crippen LogP contribution >= 0.6 is 11.3 Å². The van der Waals surface area contributed by atoms with E-state index in [1.165, 1.54) is 10.6 Å². The Kier molecular flexibility index (Phi) is 5.16. The van der Waals surface area contributed by atoms with Crippen LogP contribution in [-0.4, -0.2) is 60.0 Å². The van der Waals surface area contributed by atoms with Crippen LogP contribution in [0.3, 0.4) is 0 Å². The van der Waals surface area contributed by atoms with Crippen molar-refractivity contribution in [2.45, 2.75) is 47.1 Å². The number of hydrogen-bond acceptors (Lipinski definition) is 5. The molecule has 0 N–H and O–H groups in total. The number of rotatable bonds is 3. The molecule has 0 bridgehead atoms. The summed E-state index contributed by atoms with van der Waals surface area (Å²) in [5, 5.41) is 1.15. The van der Waals surface area contributed by atoms with Crippen molar-refractivity contribution in [2.75, 3.05) is 44.2 Å². The summed E-state index contributed by atoms with van der Waals surface area (Å²) < 4.78 is 0. The molecule has 6 heteroatoms. The average Bonchev–Trinajstić information content (AvgIpc) is 2.96. The number of likely N-dealkylation sites (N-methyl/N-ethyl adjacent to an activating group) is 1. The Hall–Kier alpha value is -1.14. The largest absolute Gasteiger partial charge is 0.346 e. The van der Waals surface area contributed by atoms with Crippen molar-refractivity contribution in [1.29, 1.82) is 0 Å². The molecule has 0 radical (unpaired) electrons. The van der Waals surface area contributed by atoms with Crippen molar-refractivity contribution in [2.24, 2.45) is 5.41 Å². The van der Waals surface area contributed by atoms with E-state index in [0.29, 0.717) is 6.42 Å². The lowest BCUT2D eigenvalue weighted by atomic mass is 9.91. The highest BCUT2D eigenvalue weighted by atomic mass is 32.1. The first kappa shape index (κ1) is 17.7. The molecule has 1 aromatic heterocycles. The molecule has 0 unspecified atom stereocenters. The lowest BCUT2D eigenvalue weighted by Gasteiger charge is -2.33. The minimum absolute atomic E-state index is 0.0508. The van der Waals surface area contributed by atoms with Gasteiger partial charge in [0.05, 0.1) is 12.2 Å². The summed E-state index contributed by atoms with van der Waals surface area (Å²) in [5.41, 5.74) is 1.27. The summed E-state index contributed by atoms with van der Waals surface area (Å²) in [7, 11) is 0. The topological polar surface area (TPSA) is 39.7 Å². The van der Waals surface area contributed by atoms with Gasteiger partial charge in [0.1, 0.15) is 0 Å². The number of piperazine rings is 1. The van der Waals surface area contributed by atoms with Crippen LogP contribution in [0.25, 0.3) is 0 Å². The van der Waals surface area contributed by atoms with Crippen molar-refractivity contribution in [1.82, 2.24) is 14.8 Å². The van der Waals surface area contributed by atoms with Gasteiger partial charge < -0.3 is 14.7 Å². The highest BCUT2D eigenvalue weighted by Crippen LogP contribution is 2.32. The highest BCUT2D eigenvalue weighted by molar-refractivity contribution is 7.15. The number of aromatic nitrogens is 1. The van der Waals surface area contributed by atoms with Gasteiger partial charge in [0.25, 0.3) is 0 Å². The van der Waals surface area contributed by atoms with Gasteiger partial charge in [0.2, 0.25) is 5.91 Å². The maximum Gasteiger partial charge on any atom is 0.223 e. The van der Waals surface area contributed by atoms with Crippen LogP contribution in [0.5, 0.6) is 0 Å². The monoisotopic (exact) mass is 350 g/mol. The Labute approximate surface area is 149 Å². The van der Waals surface area contributed by atoms with E-state index in [4.69, 9.17) is 4.98 Å². The molecule has 2 aliphatic rings. The van der Waals surface area contributed by atoms with Gasteiger partial charge in [-0.15, -0.1) is 0 Å². The summed E-state index contributed by atoms with van der Waals surface area (Å²) in [6, 6.07) is 0. The molecule has 134 valence electrons. The molecule has 1 aromatic rings. The molecule has 24 heavy (non-hydrogen) atoms. The molecular formula is C18H30N4OS. The molecule has 0 spiro atoms. The fourth-order valence-corrected chi connectivity index (χ4v) is 4.52. The summed E-state index contributed by atoms with van der Waals surface area (Å²) in [4.78, 5) is 25.6. The van der Waals surface area contributed by atoms with Crippen LogP contribution in [0, 0.1) is 5.41 Å². The number of hydrogen-bond donors (Lipinski definition) is 0. The Morgan fingerprint density at radius 2 is 1.88 bits per heavy atom. The van der Waals surface area contributed by atoms with E-state index in [1.807, 2.05) is 4.90 Å². The third kappa shape index (κ3) is 4.09. The molecule has 0 aromatic carbocycles. The minimum Gasteiger partial charge on any atom is -0.346 e. The Balaban J connectivity index is 1.64. The van der Waals surface area contributed by atoms with E-state index in [-0.39, 0.29) is 11.3 Å². The second-order valence-electron chi connectivity index (χ2n) is 8.09. The average molecular weight is 351 g/mol. The zero-order valence-corrected chi connectivity index (χ0v) is 16.3. The van der Waals surface area contributed by atoms with Gasteiger partial charge in [-0.05, 0) is 12.0 Å². The molecular weight excluding hydrogens is 320 g/mol. The van der Waals surface area contributed by atoms with Crippen LogP contribution in [0.2, 0.25) is 0 Å². The third-order valence-corrected chi connectivity index (χ3v) is 5.99. The molecule has 2 aliphatic heterocycles. The molecule has 3 rings (SSSR count). The van der Waals surface area contributed by atoms with Gasteiger partial charge >= 0.3 is 0 Å². The Morgan fingerprint density at radius 3 is 2.50 bits per heavy atom. The molecule has 3 heterocycles. The van der Waals surface area contributed by atoms with Gasteiger partial charge in [-0.1, -0.05) is 39.0 Å². The van der Waals surface area contributed by atoms with Gasteiger partial charge in [-0.25, -0.2) is 4.98 Å². The lowest BCUT2D eigenvalue weighted by Crippen LogP contribution is -2.46. The van der Waals surface area contributed by atoms with Crippen LogP contribution in [-0.2, 0) is 17.8 Å². The number of fused-ring (bicyclic) bond motifs is 1. The van der Waals surface area contributed by atoms with E-state index >= 15 is 0 Å². The standard InChI is InChI=1S/C18H30N4OS/c1-5-20-8-10-21(11-9-20)17-19-14-6-7-22(13-15(14)24-17)16(23)12-18(2,3)4/h5-13H2,1-4H3. The fraction of sp³-hybridized carbons (Fsp3) is 0.778. The van der Waals surface area contributed by atoms with Crippen LogP contribution < -0.4 is 4.90 Å². The third-order valence-electron chi connectivity index (χ3n) is 4.84. The van der Waals surface area contributed by atoms with E-state index in [2.05, 4.69) is 37.5 Å². The van der Waals surface area contributed by atoms with E-state index < -0.39 is 0 Å². The molecule has 0 aliphatic carbocycles. The number of thiazole rings is 1. The van der Waals surface area contributed by atoms with E-state index in [0.717, 1.165) is 57.4 Å². The normalized spacial score (nSPS) is 19.5. The molecule has 1 saturated heterocycles. The smallest absolute Gasteiger partial charge is 0.223 e. The van der Waals surface area contributed by atoms with Gasteiger partial charge in [-0.2, -0.15) is 0 Å². The van der Waals surface area contributed by atoms with Gasteiger partial charge in [0, 0.05) is 50.4 Å². The maximum absolute atomic E-state index is 12.5. The summed E-state index contributed by atoms with van der Waals surface area (Å²) in [6.07, 6.45) is 1.52. The molecule has 1 amide bonds. The zero-order valence-electron chi connectivity index (χ0n) is 15.5. The maximum atomic E-state index is 12.5. The number of carbonyl (C=O) groups excluding carboxylic acids is 1.